The van der Waals surface area contributed by atoms with Gasteiger partial charge in [0, 0.05) is 10.7 Å². The number of halogens is 1. The number of sulfonamides is 1. The molecule has 9 nitrogen and oxygen atoms in total. The molecule has 0 aliphatic carbocycles. The number of carbonyl (C=O) groups is 1. The Morgan fingerprint density at radius 3 is 2.42 bits per heavy atom. The van der Waals surface area contributed by atoms with Crippen molar-refractivity contribution >= 4 is 61.3 Å². The Morgan fingerprint density at radius 2 is 1.74 bits per heavy atom. The summed E-state index contributed by atoms with van der Waals surface area (Å²) in [6.07, 6.45) is 1.59. The Hall–Kier alpha value is -4.15. The summed E-state index contributed by atoms with van der Waals surface area (Å²) in [6.45, 7) is 2.26. The first-order chi connectivity index (χ1) is 18.3. The molecule has 5 rings (SSSR count). The van der Waals surface area contributed by atoms with Crippen LogP contribution in [0.5, 0.6) is 0 Å². The second-order valence-corrected chi connectivity index (χ2v) is 10.7. The van der Waals surface area contributed by atoms with Crippen LogP contribution >= 0.6 is 11.6 Å². The van der Waals surface area contributed by atoms with Crippen LogP contribution in [0.2, 0.25) is 5.02 Å². The molecule has 3 aromatic carbocycles. The molecule has 38 heavy (non-hydrogen) atoms. The van der Waals surface area contributed by atoms with Gasteiger partial charge in [-0.3, -0.25) is 9.29 Å². The van der Waals surface area contributed by atoms with Gasteiger partial charge in [0.2, 0.25) is 0 Å². The van der Waals surface area contributed by atoms with Gasteiger partial charge < -0.3 is 10.5 Å². The van der Waals surface area contributed by atoms with Crippen LogP contribution in [0, 0.1) is 0 Å². The number of nitrogens with two attached hydrogens (primary N) is 1. The number of aromatic nitrogens is 3. The molecule has 0 amide bonds. The molecule has 194 valence electrons. The molecule has 0 saturated carbocycles. The molecule has 0 bridgehead atoms. The molecular formula is C27H24ClN5O4S. The Kier molecular flexibility index (Phi) is 6.92. The minimum atomic E-state index is -3.88. The molecule has 11 heteroatoms. The summed E-state index contributed by atoms with van der Waals surface area (Å²) < 4.78 is 35.4. The van der Waals surface area contributed by atoms with E-state index in [0.29, 0.717) is 38.6 Å². The zero-order chi connectivity index (χ0) is 26.9. The van der Waals surface area contributed by atoms with Crippen molar-refractivity contribution in [2.24, 2.45) is 0 Å². The van der Waals surface area contributed by atoms with E-state index in [2.05, 4.69) is 9.71 Å². The molecule has 2 aromatic heterocycles. The third-order valence-electron chi connectivity index (χ3n) is 5.92. The van der Waals surface area contributed by atoms with Crippen LogP contribution in [0.1, 0.15) is 30.1 Å². The van der Waals surface area contributed by atoms with Crippen molar-refractivity contribution in [1.82, 2.24) is 14.5 Å². The molecule has 5 aromatic rings. The molecule has 0 saturated heterocycles. The zero-order valence-corrected chi connectivity index (χ0v) is 22.0. The van der Waals surface area contributed by atoms with E-state index in [4.69, 9.17) is 27.1 Å². The summed E-state index contributed by atoms with van der Waals surface area (Å²) in [5, 5.41) is 0.410. The minimum absolute atomic E-state index is 0.0343. The maximum atomic E-state index is 13.0. The number of para-hydroxylation sites is 2. The highest BCUT2D eigenvalue weighted by molar-refractivity contribution is 7.92. The van der Waals surface area contributed by atoms with E-state index < -0.39 is 16.0 Å². The predicted octanol–water partition coefficient (Wildman–Crippen LogP) is 5.57. The SMILES string of the molecule is CCCCOC(=O)c1c(N)n(-c2ccc(S(=O)(=O)Nc3cccc(Cl)c3)cc2)c2nc3ccccc3nc12. The smallest absolute Gasteiger partial charge is 0.344 e. The maximum absolute atomic E-state index is 13.0. The summed E-state index contributed by atoms with van der Waals surface area (Å²) >= 11 is 5.97. The molecule has 0 spiro atoms. The number of nitrogens with one attached hydrogen (secondary N) is 1. The first kappa shape index (κ1) is 25.5. The van der Waals surface area contributed by atoms with Crippen LogP contribution in [0.25, 0.3) is 27.9 Å². The molecular weight excluding hydrogens is 526 g/mol. The fourth-order valence-corrected chi connectivity index (χ4v) is 5.29. The highest BCUT2D eigenvalue weighted by Gasteiger charge is 2.26. The predicted molar refractivity (Wildman–Crippen MR) is 148 cm³/mol. The van der Waals surface area contributed by atoms with E-state index in [1.54, 1.807) is 41.0 Å². The average Bonchev–Trinajstić information content (AvgIpc) is 3.17. The van der Waals surface area contributed by atoms with Crippen molar-refractivity contribution < 1.29 is 17.9 Å². The number of fused-ring (bicyclic) bond motifs is 2. The van der Waals surface area contributed by atoms with Crippen LogP contribution in [-0.2, 0) is 14.8 Å². The zero-order valence-electron chi connectivity index (χ0n) is 20.4. The number of ether oxygens (including phenoxy) is 1. The van der Waals surface area contributed by atoms with Gasteiger partial charge in [-0.25, -0.2) is 23.2 Å². The second kappa shape index (κ2) is 10.3. The normalized spacial score (nSPS) is 11.6. The average molecular weight is 550 g/mol. The van der Waals surface area contributed by atoms with Crippen molar-refractivity contribution in [2.45, 2.75) is 24.7 Å². The van der Waals surface area contributed by atoms with E-state index in [9.17, 15) is 13.2 Å². The van der Waals surface area contributed by atoms with Gasteiger partial charge >= 0.3 is 5.97 Å². The molecule has 0 aliphatic rings. The fraction of sp³-hybridized carbons (Fsp3) is 0.148. The van der Waals surface area contributed by atoms with Gasteiger partial charge in [0.25, 0.3) is 10.0 Å². The van der Waals surface area contributed by atoms with E-state index in [-0.39, 0.29) is 22.9 Å². The van der Waals surface area contributed by atoms with Gasteiger partial charge in [-0.1, -0.05) is 43.1 Å². The van der Waals surface area contributed by atoms with Gasteiger partial charge in [-0.05, 0) is 61.0 Å². The summed E-state index contributed by atoms with van der Waals surface area (Å²) in [6, 6.07) is 19.8. The van der Waals surface area contributed by atoms with Crippen LogP contribution in [0.4, 0.5) is 11.5 Å². The lowest BCUT2D eigenvalue weighted by Gasteiger charge is -2.11. The van der Waals surface area contributed by atoms with E-state index in [1.807, 2.05) is 25.1 Å². The second-order valence-electron chi connectivity index (χ2n) is 8.58. The Morgan fingerprint density at radius 1 is 1.03 bits per heavy atom. The highest BCUT2D eigenvalue weighted by Crippen LogP contribution is 2.32. The van der Waals surface area contributed by atoms with Gasteiger partial charge in [-0.2, -0.15) is 0 Å². The maximum Gasteiger partial charge on any atom is 0.344 e. The van der Waals surface area contributed by atoms with Gasteiger partial charge in [-0.15, -0.1) is 0 Å². The molecule has 0 atom stereocenters. The molecule has 2 heterocycles. The van der Waals surface area contributed by atoms with Crippen LogP contribution in [0.15, 0.2) is 77.7 Å². The van der Waals surface area contributed by atoms with E-state index in [1.165, 1.54) is 18.2 Å². The monoisotopic (exact) mass is 549 g/mol. The number of carbonyl (C=O) groups excluding carboxylic acids is 1. The summed E-state index contributed by atoms with van der Waals surface area (Å²) in [5.74, 6) is -0.487. The summed E-state index contributed by atoms with van der Waals surface area (Å²) in [5.41, 5.74) is 9.35. The highest BCUT2D eigenvalue weighted by atomic mass is 35.5. The lowest BCUT2D eigenvalue weighted by atomic mass is 10.2. The first-order valence-corrected chi connectivity index (χ1v) is 13.8. The topological polar surface area (TPSA) is 129 Å². The first-order valence-electron chi connectivity index (χ1n) is 11.9. The van der Waals surface area contributed by atoms with Gasteiger partial charge in [0.15, 0.2) is 5.65 Å². The third-order valence-corrected chi connectivity index (χ3v) is 7.55. The molecule has 0 unspecified atom stereocenters. The van der Waals surface area contributed by atoms with Crippen molar-refractivity contribution in [3.63, 3.8) is 0 Å². The lowest BCUT2D eigenvalue weighted by Crippen LogP contribution is -2.13. The quantitative estimate of drug-likeness (QED) is 0.191. The van der Waals surface area contributed by atoms with Crippen LogP contribution in [0.3, 0.4) is 0 Å². The van der Waals surface area contributed by atoms with E-state index in [0.717, 1.165) is 12.8 Å². The number of hydrogen-bond acceptors (Lipinski definition) is 7. The Labute approximate surface area is 224 Å². The number of unbranched alkanes of at least 4 members (excludes halogenated alkanes) is 1. The Bertz CT molecular complexity index is 1770. The summed E-state index contributed by atoms with van der Waals surface area (Å²) in [7, 11) is -3.88. The molecule has 0 fully saturated rings. The van der Waals surface area contributed by atoms with Crippen molar-refractivity contribution in [3.05, 3.63) is 83.4 Å². The Balaban J connectivity index is 1.58. The van der Waals surface area contributed by atoms with Crippen molar-refractivity contribution in [2.75, 3.05) is 17.1 Å². The third kappa shape index (κ3) is 4.88. The number of esters is 1. The largest absolute Gasteiger partial charge is 0.462 e. The number of nitrogens with zero attached hydrogens (tertiary/aromatic N) is 3. The number of anilines is 2. The number of nitrogen functional groups attached to an aromatic ring is 1. The van der Waals surface area contributed by atoms with E-state index >= 15 is 0 Å². The van der Waals surface area contributed by atoms with Gasteiger partial charge in [0.05, 0.1) is 28.2 Å². The van der Waals surface area contributed by atoms with Crippen molar-refractivity contribution in [3.8, 4) is 5.69 Å². The minimum Gasteiger partial charge on any atom is -0.462 e. The molecule has 3 N–H and O–H groups in total. The number of hydrogen-bond donors (Lipinski definition) is 2. The fourth-order valence-electron chi connectivity index (χ4n) is 4.05. The van der Waals surface area contributed by atoms with Crippen LogP contribution in [-0.4, -0.2) is 35.5 Å². The molecule has 0 radical (unpaired) electrons. The summed E-state index contributed by atoms with van der Waals surface area (Å²) in [4.78, 5) is 22.5. The lowest BCUT2D eigenvalue weighted by molar-refractivity contribution is 0.0503. The standard InChI is InChI=1S/C27H24ClN5O4S/c1-2-3-15-37-27(34)23-24-26(31-22-10-5-4-9-21(22)30-24)33(25(23)29)19-11-13-20(14-12-19)38(35,36)32-18-8-6-7-17(28)16-18/h4-14,16,32H,2-3,15,29H2,1H3. The number of benzene rings is 3. The number of rotatable bonds is 8. The van der Waals surface area contributed by atoms with Gasteiger partial charge in [0.1, 0.15) is 16.9 Å². The van der Waals surface area contributed by atoms with Crippen molar-refractivity contribution in [1.29, 1.82) is 0 Å². The van der Waals surface area contributed by atoms with Crippen LogP contribution < -0.4 is 10.5 Å². The molecule has 0 aliphatic heterocycles.